The van der Waals surface area contributed by atoms with Crippen LogP contribution >= 0.6 is 0 Å². The SMILES string of the molecule is CC(F)(C(N)=O)C(=O)NCC(F)(F)C(F)(F)F.COCCN1C(=O)Cc2ccccc2-c2ccccc21. The van der Waals surface area contributed by atoms with Crippen molar-refractivity contribution in [1.29, 1.82) is 0 Å². The van der Waals surface area contributed by atoms with Gasteiger partial charge >= 0.3 is 12.1 Å². The zero-order valence-corrected chi connectivity index (χ0v) is 19.9. The number of nitrogens with one attached hydrogen (secondary N) is 1. The number of carbonyl (C=O) groups is 3. The minimum Gasteiger partial charge on any atom is -0.383 e. The van der Waals surface area contributed by atoms with Crippen LogP contribution in [0.1, 0.15) is 12.5 Å². The minimum absolute atomic E-state index is 0.124. The van der Waals surface area contributed by atoms with Crippen molar-refractivity contribution in [1.82, 2.24) is 5.32 Å². The number of para-hydroxylation sites is 1. The van der Waals surface area contributed by atoms with E-state index in [0.717, 1.165) is 27.7 Å². The van der Waals surface area contributed by atoms with Crippen molar-refractivity contribution >= 4 is 23.4 Å². The van der Waals surface area contributed by atoms with Crippen LogP contribution in [0.3, 0.4) is 0 Å². The molecule has 1 aliphatic heterocycles. The van der Waals surface area contributed by atoms with Crippen LogP contribution in [0.2, 0.25) is 0 Å². The summed E-state index contributed by atoms with van der Waals surface area (Å²) in [6, 6.07) is 16.2. The number of alkyl halides is 6. The molecule has 1 unspecified atom stereocenters. The molecule has 1 aliphatic rings. The standard InChI is InChI=1S/C17H17NO2.C7H8F6N2O2/c1-20-11-10-18-16-9-5-4-8-15(16)14-7-3-2-6-13(14)12-17(18)19;1-5(8,3(14)16)4(17)15-2-6(9,10)7(11,12)13/h2-9H,10-12H2,1H3;2H2,1H3,(H2,14,16)(H,15,17). The van der Waals surface area contributed by atoms with Gasteiger partial charge in [-0.3, -0.25) is 14.4 Å². The first-order valence-electron chi connectivity index (χ1n) is 10.8. The molecule has 2 aromatic carbocycles. The maximum absolute atomic E-state index is 13.1. The largest absolute Gasteiger partial charge is 0.455 e. The predicted octanol–water partition coefficient (Wildman–Crippen LogP) is 3.40. The van der Waals surface area contributed by atoms with Crippen LogP contribution in [0.25, 0.3) is 11.1 Å². The van der Waals surface area contributed by atoms with E-state index in [9.17, 15) is 40.7 Å². The monoisotopic (exact) mass is 533 g/mol. The Balaban J connectivity index is 0.000000265. The first-order chi connectivity index (χ1) is 17.1. The Morgan fingerprint density at radius 1 is 1.00 bits per heavy atom. The summed E-state index contributed by atoms with van der Waals surface area (Å²) >= 11 is 0. The van der Waals surface area contributed by atoms with Crippen molar-refractivity contribution < 1.29 is 45.5 Å². The van der Waals surface area contributed by atoms with E-state index in [1.54, 1.807) is 7.11 Å². The maximum atomic E-state index is 13.1. The number of halogens is 6. The normalized spacial score (nSPS) is 14.8. The van der Waals surface area contributed by atoms with Crippen molar-refractivity contribution in [3.8, 4) is 11.1 Å². The van der Waals surface area contributed by atoms with Crippen LogP contribution in [0.5, 0.6) is 0 Å². The number of hydrogen-bond acceptors (Lipinski definition) is 4. The number of hydrogen-bond donors (Lipinski definition) is 2. The minimum atomic E-state index is -5.89. The van der Waals surface area contributed by atoms with Crippen LogP contribution in [0.4, 0.5) is 32.0 Å². The number of carbonyl (C=O) groups excluding carboxylic acids is 3. The molecule has 0 radical (unpaired) electrons. The van der Waals surface area contributed by atoms with E-state index < -0.39 is 36.1 Å². The van der Waals surface area contributed by atoms with E-state index in [4.69, 9.17) is 4.74 Å². The van der Waals surface area contributed by atoms with Gasteiger partial charge in [-0.15, -0.1) is 0 Å². The Kier molecular flexibility index (Phi) is 9.31. The Bertz CT molecular complexity index is 1140. The van der Waals surface area contributed by atoms with Crippen LogP contribution in [0, 0.1) is 0 Å². The van der Waals surface area contributed by atoms with Crippen LogP contribution < -0.4 is 16.0 Å². The molecule has 0 bridgehead atoms. The summed E-state index contributed by atoms with van der Waals surface area (Å²) in [5.41, 5.74) is 5.38. The summed E-state index contributed by atoms with van der Waals surface area (Å²) in [5, 5.41) is 0.966. The lowest BCUT2D eigenvalue weighted by Crippen LogP contribution is -2.54. The smallest absolute Gasteiger partial charge is 0.383 e. The zero-order chi connectivity index (χ0) is 28.0. The summed E-state index contributed by atoms with van der Waals surface area (Å²) in [6.45, 7) is -0.713. The van der Waals surface area contributed by atoms with Gasteiger partial charge < -0.3 is 20.7 Å². The number of fused-ring (bicyclic) bond motifs is 3. The number of nitrogens with two attached hydrogens (primary N) is 1. The Hall–Kier alpha value is -3.61. The topological polar surface area (TPSA) is 102 Å². The third kappa shape index (κ3) is 7.00. The lowest BCUT2D eigenvalue weighted by Gasteiger charge is -2.22. The van der Waals surface area contributed by atoms with Crippen molar-refractivity contribution in [2.24, 2.45) is 5.73 Å². The first kappa shape index (κ1) is 29.6. The Morgan fingerprint density at radius 3 is 2.14 bits per heavy atom. The summed E-state index contributed by atoms with van der Waals surface area (Å²) in [7, 11) is 1.66. The highest BCUT2D eigenvalue weighted by Gasteiger charge is 2.58. The quantitative estimate of drug-likeness (QED) is 0.421. The van der Waals surface area contributed by atoms with Crippen LogP contribution in [-0.2, 0) is 25.5 Å². The van der Waals surface area contributed by atoms with Crippen molar-refractivity contribution in [2.45, 2.75) is 31.1 Å². The molecule has 2 aromatic rings. The van der Waals surface area contributed by atoms with Crippen molar-refractivity contribution in [3.05, 3.63) is 54.1 Å². The van der Waals surface area contributed by atoms with Gasteiger partial charge in [0, 0.05) is 19.2 Å². The van der Waals surface area contributed by atoms with Gasteiger partial charge in [-0.05, 0) is 24.1 Å². The number of methoxy groups -OCH3 is 1. The predicted molar refractivity (Wildman–Crippen MR) is 123 cm³/mol. The third-order valence-electron chi connectivity index (χ3n) is 5.44. The molecule has 0 saturated heterocycles. The summed E-state index contributed by atoms with van der Waals surface area (Å²) in [6.07, 6.45) is -5.45. The molecule has 0 spiro atoms. The van der Waals surface area contributed by atoms with Crippen LogP contribution in [0.15, 0.2) is 48.5 Å². The zero-order valence-electron chi connectivity index (χ0n) is 19.9. The van der Waals surface area contributed by atoms with Gasteiger partial charge in [0.05, 0.1) is 25.3 Å². The molecule has 1 heterocycles. The molecule has 37 heavy (non-hydrogen) atoms. The molecule has 0 aromatic heterocycles. The van der Waals surface area contributed by atoms with Gasteiger partial charge in [0.15, 0.2) is 0 Å². The summed E-state index contributed by atoms with van der Waals surface area (Å²) in [4.78, 5) is 35.5. The van der Waals surface area contributed by atoms with Gasteiger partial charge in [0.1, 0.15) is 0 Å². The fourth-order valence-corrected chi connectivity index (χ4v) is 3.26. The van der Waals surface area contributed by atoms with E-state index in [0.29, 0.717) is 26.5 Å². The maximum Gasteiger partial charge on any atom is 0.455 e. The lowest BCUT2D eigenvalue weighted by molar-refractivity contribution is -0.278. The third-order valence-corrected chi connectivity index (χ3v) is 5.44. The number of ether oxygens (including phenoxy) is 1. The highest BCUT2D eigenvalue weighted by atomic mass is 19.4. The number of benzene rings is 2. The van der Waals surface area contributed by atoms with E-state index >= 15 is 0 Å². The van der Waals surface area contributed by atoms with Gasteiger partial charge in [0.2, 0.25) is 5.91 Å². The molecule has 3 amide bonds. The highest BCUT2D eigenvalue weighted by Crippen LogP contribution is 2.36. The molecule has 202 valence electrons. The van der Waals surface area contributed by atoms with Gasteiger partial charge in [-0.1, -0.05) is 42.5 Å². The second-order valence-corrected chi connectivity index (χ2v) is 8.14. The Labute approximate surface area is 208 Å². The number of nitrogens with zero attached hydrogens (tertiary/aromatic N) is 1. The van der Waals surface area contributed by atoms with Crippen molar-refractivity contribution in [2.75, 3.05) is 31.7 Å². The molecular formula is C24H25F6N3O4. The Morgan fingerprint density at radius 2 is 1.57 bits per heavy atom. The fraction of sp³-hybridized carbons (Fsp3) is 0.375. The highest BCUT2D eigenvalue weighted by molar-refractivity contribution is 6.07. The van der Waals surface area contributed by atoms with Gasteiger partial charge in [-0.25, -0.2) is 4.39 Å². The van der Waals surface area contributed by atoms with E-state index in [1.165, 1.54) is 0 Å². The first-order valence-corrected chi connectivity index (χ1v) is 10.8. The molecule has 0 aliphatic carbocycles. The molecular weight excluding hydrogens is 508 g/mol. The van der Waals surface area contributed by atoms with E-state index in [2.05, 4.69) is 17.9 Å². The second kappa shape index (κ2) is 11.6. The summed E-state index contributed by atoms with van der Waals surface area (Å²) in [5.74, 6) is -8.87. The molecule has 13 heteroatoms. The number of amides is 3. The second-order valence-electron chi connectivity index (χ2n) is 8.14. The molecule has 1 atom stereocenters. The average molecular weight is 533 g/mol. The fourth-order valence-electron chi connectivity index (χ4n) is 3.26. The summed E-state index contributed by atoms with van der Waals surface area (Å²) < 4.78 is 77.8. The number of anilines is 1. The molecule has 3 rings (SSSR count). The van der Waals surface area contributed by atoms with Gasteiger partial charge in [-0.2, -0.15) is 22.0 Å². The van der Waals surface area contributed by atoms with Crippen molar-refractivity contribution in [3.63, 3.8) is 0 Å². The number of primary amides is 1. The van der Waals surface area contributed by atoms with Crippen LogP contribution in [-0.4, -0.2) is 62.3 Å². The molecule has 0 saturated carbocycles. The number of rotatable bonds is 7. The van der Waals surface area contributed by atoms with E-state index in [1.807, 2.05) is 41.3 Å². The van der Waals surface area contributed by atoms with E-state index in [-0.39, 0.29) is 5.91 Å². The van der Waals surface area contributed by atoms with Gasteiger partial charge in [0.25, 0.3) is 17.5 Å². The molecule has 7 nitrogen and oxygen atoms in total. The lowest BCUT2D eigenvalue weighted by atomic mass is 9.98. The average Bonchev–Trinajstić information content (AvgIpc) is 2.94. The molecule has 3 N–H and O–H groups in total. The molecule has 0 fully saturated rings.